The number of rotatable bonds is 4. The summed E-state index contributed by atoms with van der Waals surface area (Å²) in [4.78, 5) is 0. The summed E-state index contributed by atoms with van der Waals surface area (Å²) < 4.78 is 5.40. The fourth-order valence-electron chi connectivity index (χ4n) is 1.94. The Morgan fingerprint density at radius 2 is 2.21 bits per heavy atom. The van der Waals surface area contributed by atoms with Gasteiger partial charge in [0.15, 0.2) is 0 Å². The molecule has 1 atom stereocenters. The Bertz CT molecular complexity index is 310. The molecule has 1 N–H and O–H groups in total. The van der Waals surface area contributed by atoms with Crippen LogP contribution in [0.3, 0.4) is 0 Å². The van der Waals surface area contributed by atoms with Crippen molar-refractivity contribution in [3.05, 3.63) is 23.2 Å². The maximum Gasteiger partial charge on any atom is 0.106 e. The van der Waals surface area contributed by atoms with E-state index in [4.69, 9.17) is 4.42 Å². The first kappa shape index (κ1) is 9.78. The van der Waals surface area contributed by atoms with Crippen LogP contribution >= 0.6 is 0 Å². The maximum absolute atomic E-state index is 9.93. The van der Waals surface area contributed by atoms with Crippen molar-refractivity contribution >= 4 is 0 Å². The molecule has 78 valence electrons. The van der Waals surface area contributed by atoms with Gasteiger partial charge in [0.2, 0.25) is 0 Å². The lowest BCUT2D eigenvalue weighted by Crippen LogP contribution is -1.97. The second kappa shape index (κ2) is 3.77. The highest BCUT2D eigenvalue weighted by Gasteiger charge is 2.23. The molecule has 1 fully saturated rings. The molecule has 1 aliphatic carbocycles. The molecule has 0 aromatic carbocycles. The second-order valence-corrected chi connectivity index (χ2v) is 4.41. The lowest BCUT2D eigenvalue weighted by Gasteiger charge is -2.08. The Balaban J connectivity index is 1.94. The maximum atomic E-state index is 9.93. The lowest BCUT2D eigenvalue weighted by molar-refractivity contribution is 0.160. The van der Waals surface area contributed by atoms with Crippen molar-refractivity contribution in [3.8, 4) is 0 Å². The van der Waals surface area contributed by atoms with Gasteiger partial charge in [-0.15, -0.1) is 0 Å². The third-order valence-corrected chi connectivity index (χ3v) is 2.98. The van der Waals surface area contributed by atoms with Gasteiger partial charge in [0.25, 0.3) is 0 Å². The van der Waals surface area contributed by atoms with Gasteiger partial charge in [-0.25, -0.2) is 0 Å². The van der Waals surface area contributed by atoms with E-state index in [-0.39, 0.29) is 6.10 Å². The summed E-state index contributed by atoms with van der Waals surface area (Å²) >= 11 is 0. The fraction of sp³-hybridized carbons (Fsp3) is 0.667. The van der Waals surface area contributed by atoms with E-state index in [1.54, 1.807) is 0 Å². The van der Waals surface area contributed by atoms with E-state index < -0.39 is 0 Å². The standard InChI is InChI=1S/C12H18O2/c1-8-7-11(9(2)14-8)12(13)6-5-10-3-4-10/h7,10,12-13H,3-6H2,1-2H3. The van der Waals surface area contributed by atoms with Crippen LogP contribution in [0.15, 0.2) is 10.5 Å². The van der Waals surface area contributed by atoms with E-state index in [2.05, 4.69) is 0 Å². The van der Waals surface area contributed by atoms with Crippen molar-refractivity contribution in [2.45, 2.75) is 45.6 Å². The monoisotopic (exact) mass is 194 g/mol. The van der Waals surface area contributed by atoms with Gasteiger partial charge in [-0.05, 0) is 38.7 Å². The van der Waals surface area contributed by atoms with Gasteiger partial charge in [-0.2, -0.15) is 0 Å². The molecule has 2 nitrogen and oxygen atoms in total. The van der Waals surface area contributed by atoms with E-state index in [0.29, 0.717) is 0 Å². The second-order valence-electron chi connectivity index (χ2n) is 4.41. The number of aliphatic hydroxyl groups excluding tert-OH is 1. The van der Waals surface area contributed by atoms with Crippen LogP contribution in [0.25, 0.3) is 0 Å². The quantitative estimate of drug-likeness (QED) is 0.798. The molecule has 0 spiro atoms. The first-order valence-corrected chi connectivity index (χ1v) is 5.42. The number of aliphatic hydroxyl groups is 1. The predicted octanol–water partition coefficient (Wildman–Crippen LogP) is 3.12. The van der Waals surface area contributed by atoms with Crippen molar-refractivity contribution in [1.82, 2.24) is 0 Å². The lowest BCUT2D eigenvalue weighted by atomic mass is 10.0. The minimum Gasteiger partial charge on any atom is -0.466 e. The van der Waals surface area contributed by atoms with Crippen LogP contribution in [0.2, 0.25) is 0 Å². The molecule has 1 unspecified atom stereocenters. The Kier molecular flexibility index (Phi) is 2.64. The average molecular weight is 194 g/mol. The first-order valence-electron chi connectivity index (χ1n) is 5.42. The molecule has 0 aliphatic heterocycles. The topological polar surface area (TPSA) is 33.4 Å². The van der Waals surface area contributed by atoms with Crippen molar-refractivity contribution in [1.29, 1.82) is 0 Å². The molecule has 0 amide bonds. The number of hydrogen-bond donors (Lipinski definition) is 1. The largest absolute Gasteiger partial charge is 0.466 e. The van der Waals surface area contributed by atoms with Crippen molar-refractivity contribution in [2.24, 2.45) is 5.92 Å². The molecule has 2 rings (SSSR count). The van der Waals surface area contributed by atoms with Crippen LogP contribution in [-0.2, 0) is 0 Å². The molecule has 0 radical (unpaired) electrons. The predicted molar refractivity (Wildman–Crippen MR) is 55.1 cm³/mol. The van der Waals surface area contributed by atoms with Gasteiger partial charge < -0.3 is 9.52 Å². The van der Waals surface area contributed by atoms with Crippen LogP contribution in [0.1, 0.15) is 48.9 Å². The highest BCUT2D eigenvalue weighted by Crippen LogP contribution is 2.36. The molecular formula is C12H18O2. The van der Waals surface area contributed by atoms with Gasteiger partial charge in [-0.1, -0.05) is 12.8 Å². The van der Waals surface area contributed by atoms with Gasteiger partial charge in [0.1, 0.15) is 11.5 Å². The molecule has 1 aromatic heterocycles. The molecule has 14 heavy (non-hydrogen) atoms. The van der Waals surface area contributed by atoms with Gasteiger partial charge in [0, 0.05) is 5.56 Å². The molecule has 1 aliphatic rings. The number of hydrogen-bond acceptors (Lipinski definition) is 2. The van der Waals surface area contributed by atoms with E-state index in [9.17, 15) is 5.11 Å². The third-order valence-electron chi connectivity index (χ3n) is 2.98. The summed E-state index contributed by atoms with van der Waals surface area (Å²) in [5, 5.41) is 9.93. The summed E-state index contributed by atoms with van der Waals surface area (Å²) in [7, 11) is 0. The highest BCUT2D eigenvalue weighted by molar-refractivity contribution is 5.22. The zero-order chi connectivity index (χ0) is 10.1. The Morgan fingerprint density at radius 3 is 2.71 bits per heavy atom. The summed E-state index contributed by atoms with van der Waals surface area (Å²) in [6.07, 6.45) is 4.43. The summed E-state index contributed by atoms with van der Waals surface area (Å²) in [5.74, 6) is 2.65. The van der Waals surface area contributed by atoms with Crippen LogP contribution < -0.4 is 0 Å². The van der Waals surface area contributed by atoms with Crippen molar-refractivity contribution in [3.63, 3.8) is 0 Å². The molecule has 0 bridgehead atoms. The smallest absolute Gasteiger partial charge is 0.106 e. The molecule has 1 aromatic rings. The van der Waals surface area contributed by atoms with Crippen LogP contribution in [0, 0.1) is 19.8 Å². The van der Waals surface area contributed by atoms with E-state index >= 15 is 0 Å². The Hall–Kier alpha value is -0.760. The fourth-order valence-corrected chi connectivity index (χ4v) is 1.94. The van der Waals surface area contributed by atoms with E-state index in [0.717, 1.165) is 35.8 Å². The minimum absolute atomic E-state index is 0.326. The molecule has 1 heterocycles. The first-order chi connectivity index (χ1) is 6.66. The molecule has 1 saturated carbocycles. The van der Waals surface area contributed by atoms with Crippen LogP contribution in [-0.4, -0.2) is 5.11 Å². The summed E-state index contributed by atoms with van der Waals surface area (Å²) in [6, 6.07) is 1.95. The summed E-state index contributed by atoms with van der Waals surface area (Å²) in [5.41, 5.74) is 0.975. The van der Waals surface area contributed by atoms with E-state index in [1.807, 2.05) is 19.9 Å². The number of aryl methyl sites for hydroxylation is 2. The highest BCUT2D eigenvalue weighted by atomic mass is 16.3. The minimum atomic E-state index is -0.326. The molecule has 2 heteroatoms. The van der Waals surface area contributed by atoms with E-state index in [1.165, 1.54) is 12.8 Å². The van der Waals surface area contributed by atoms with Gasteiger partial charge in [0.05, 0.1) is 6.10 Å². The number of furan rings is 1. The average Bonchev–Trinajstić information content (AvgIpc) is 2.88. The Morgan fingerprint density at radius 1 is 1.50 bits per heavy atom. The zero-order valence-corrected chi connectivity index (χ0v) is 8.92. The SMILES string of the molecule is Cc1cc(C(O)CCC2CC2)c(C)o1. The van der Waals surface area contributed by atoms with Gasteiger partial charge >= 0.3 is 0 Å². The molecule has 0 saturated heterocycles. The summed E-state index contributed by atoms with van der Waals surface area (Å²) in [6.45, 7) is 3.84. The third kappa shape index (κ3) is 2.18. The van der Waals surface area contributed by atoms with Crippen molar-refractivity contribution < 1.29 is 9.52 Å². The van der Waals surface area contributed by atoms with Crippen molar-refractivity contribution in [2.75, 3.05) is 0 Å². The Labute approximate surface area is 84.9 Å². The van der Waals surface area contributed by atoms with Crippen LogP contribution in [0.4, 0.5) is 0 Å². The van der Waals surface area contributed by atoms with Crippen LogP contribution in [0.5, 0.6) is 0 Å². The van der Waals surface area contributed by atoms with Gasteiger partial charge in [-0.3, -0.25) is 0 Å². The zero-order valence-electron chi connectivity index (χ0n) is 8.92. The normalized spacial score (nSPS) is 18.5. The molecular weight excluding hydrogens is 176 g/mol.